The van der Waals surface area contributed by atoms with E-state index >= 15 is 0 Å². The third-order valence-corrected chi connectivity index (χ3v) is 4.52. The maximum absolute atomic E-state index is 12.4. The van der Waals surface area contributed by atoms with Gasteiger partial charge in [0.2, 0.25) is 0 Å². The predicted molar refractivity (Wildman–Crippen MR) is 96.9 cm³/mol. The Kier molecular flexibility index (Phi) is 5.46. The number of aliphatic hydroxyl groups excluding tert-OH is 1. The first-order chi connectivity index (χ1) is 12.2. The minimum absolute atomic E-state index is 0.0439. The number of piperidine rings is 1. The summed E-state index contributed by atoms with van der Waals surface area (Å²) in [5.41, 5.74) is 2.46. The van der Waals surface area contributed by atoms with Crippen molar-refractivity contribution in [1.29, 1.82) is 0 Å². The number of likely N-dealkylation sites (tertiary alicyclic amines) is 1. The van der Waals surface area contributed by atoms with Gasteiger partial charge >= 0.3 is 11.8 Å². The van der Waals surface area contributed by atoms with E-state index in [1.807, 2.05) is 48.5 Å². The topological polar surface area (TPSA) is 69.6 Å². The molecule has 1 aliphatic heterocycles. The molecule has 0 aromatic heterocycles. The molecule has 2 N–H and O–H groups in total. The van der Waals surface area contributed by atoms with Gasteiger partial charge in [0.25, 0.3) is 0 Å². The largest absolute Gasteiger partial charge is 0.396 e. The van der Waals surface area contributed by atoms with Gasteiger partial charge in [-0.05, 0) is 30.4 Å². The van der Waals surface area contributed by atoms with E-state index in [0.717, 1.165) is 24.0 Å². The molecule has 130 valence electrons. The Morgan fingerprint density at radius 1 is 1.08 bits per heavy atom. The number of nitrogens with zero attached hydrogens (tertiary/aromatic N) is 1. The first-order valence-electron chi connectivity index (χ1n) is 8.54. The molecule has 1 unspecified atom stereocenters. The zero-order valence-corrected chi connectivity index (χ0v) is 14.0. The van der Waals surface area contributed by atoms with Crippen molar-refractivity contribution in [3.63, 3.8) is 0 Å². The smallest absolute Gasteiger partial charge is 0.313 e. The molecular weight excluding hydrogens is 316 g/mol. The van der Waals surface area contributed by atoms with Gasteiger partial charge in [-0.1, -0.05) is 48.5 Å². The van der Waals surface area contributed by atoms with E-state index in [4.69, 9.17) is 0 Å². The fourth-order valence-corrected chi connectivity index (χ4v) is 3.18. The average Bonchev–Trinajstić information content (AvgIpc) is 2.68. The Morgan fingerprint density at radius 3 is 2.56 bits per heavy atom. The van der Waals surface area contributed by atoms with Gasteiger partial charge in [0.15, 0.2) is 0 Å². The monoisotopic (exact) mass is 338 g/mol. The Labute approximate surface area is 147 Å². The predicted octanol–water partition coefficient (Wildman–Crippen LogP) is 2.52. The molecule has 0 aliphatic carbocycles. The third kappa shape index (κ3) is 4.06. The van der Waals surface area contributed by atoms with Crippen molar-refractivity contribution in [2.75, 3.05) is 25.0 Å². The molecule has 5 nitrogen and oxygen atoms in total. The molecule has 1 aliphatic rings. The van der Waals surface area contributed by atoms with Gasteiger partial charge in [-0.25, -0.2) is 0 Å². The number of carbonyl (C=O) groups is 2. The van der Waals surface area contributed by atoms with Crippen LogP contribution in [0.25, 0.3) is 11.1 Å². The number of hydrogen-bond acceptors (Lipinski definition) is 3. The molecule has 1 heterocycles. The normalized spacial score (nSPS) is 17.2. The molecule has 25 heavy (non-hydrogen) atoms. The summed E-state index contributed by atoms with van der Waals surface area (Å²) in [6.45, 7) is 1.04. The minimum atomic E-state index is -0.637. The van der Waals surface area contributed by atoms with Crippen molar-refractivity contribution in [3.8, 4) is 11.1 Å². The summed E-state index contributed by atoms with van der Waals surface area (Å²) in [4.78, 5) is 26.4. The molecule has 0 bridgehead atoms. The highest BCUT2D eigenvalue weighted by molar-refractivity contribution is 6.39. The molecule has 2 amide bonds. The number of carbonyl (C=O) groups excluding carboxylic acids is 2. The number of rotatable bonds is 3. The Hall–Kier alpha value is -2.66. The van der Waals surface area contributed by atoms with Gasteiger partial charge in [0.1, 0.15) is 0 Å². The second-order valence-corrected chi connectivity index (χ2v) is 6.31. The van der Waals surface area contributed by atoms with Crippen molar-refractivity contribution in [3.05, 3.63) is 54.6 Å². The number of anilines is 1. The van der Waals surface area contributed by atoms with Crippen molar-refractivity contribution in [2.45, 2.75) is 12.8 Å². The molecule has 5 heteroatoms. The fraction of sp³-hybridized carbons (Fsp3) is 0.300. The van der Waals surface area contributed by atoms with Crippen LogP contribution in [0.15, 0.2) is 54.6 Å². The lowest BCUT2D eigenvalue weighted by molar-refractivity contribution is -0.144. The van der Waals surface area contributed by atoms with E-state index in [-0.39, 0.29) is 12.5 Å². The molecule has 0 saturated carbocycles. The highest BCUT2D eigenvalue weighted by Crippen LogP contribution is 2.27. The van der Waals surface area contributed by atoms with E-state index in [0.29, 0.717) is 18.8 Å². The van der Waals surface area contributed by atoms with Gasteiger partial charge in [-0.2, -0.15) is 0 Å². The van der Waals surface area contributed by atoms with Gasteiger partial charge in [0.05, 0.1) is 0 Å². The molecule has 1 saturated heterocycles. The van der Waals surface area contributed by atoms with Crippen LogP contribution in [0.4, 0.5) is 5.69 Å². The van der Waals surface area contributed by atoms with E-state index < -0.39 is 11.8 Å². The van der Waals surface area contributed by atoms with E-state index in [1.165, 1.54) is 4.90 Å². The number of amides is 2. The summed E-state index contributed by atoms with van der Waals surface area (Å²) in [5, 5.41) is 12.0. The van der Waals surface area contributed by atoms with Crippen LogP contribution in [-0.4, -0.2) is 41.5 Å². The van der Waals surface area contributed by atoms with Gasteiger partial charge in [0, 0.05) is 30.9 Å². The lowest BCUT2D eigenvalue weighted by Gasteiger charge is -2.31. The van der Waals surface area contributed by atoms with E-state index in [2.05, 4.69) is 5.32 Å². The second kappa shape index (κ2) is 7.94. The van der Waals surface area contributed by atoms with Gasteiger partial charge in [-0.3, -0.25) is 9.59 Å². The Morgan fingerprint density at radius 2 is 1.80 bits per heavy atom. The summed E-state index contributed by atoms with van der Waals surface area (Å²) in [6, 6.07) is 17.2. The number of hydrogen-bond donors (Lipinski definition) is 2. The van der Waals surface area contributed by atoms with Crippen LogP contribution in [-0.2, 0) is 9.59 Å². The van der Waals surface area contributed by atoms with Crippen LogP contribution in [0.3, 0.4) is 0 Å². The van der Waals surface area contributed by atoms with Crippen molar-refractivity contribution >= 4 is 17.5 Å². The number of benzene rings is 2. The SMILES string of the molecule is O=C(Nc1ccccc1-c1ccccc1)C(=O)N1CCCC(CO)C1. The van der Waals surface area contributed by atoms with E-state index in [9.17, 15) is 14.7 Å². The number of para-hydroxylation sites is 1. The first-order valence-corrected chi connectivity index (χ1v) is 8.54. The van der Waals surface area contributed by atoms with Crippen LogP contribution < -0.4 is 5.32 Å². The molecule has 1 fully saturated rings. The standard InChI is InChI=1S/C20H22N2O3/c23-14-15-7-6-12-22(13-15)20(25)19(24)21-18-11-5-4-10-17(18)16-8-2-1-3-9-16/h1-5,8-11,15,23H,6-7,12-14H2,(H,21,24). The lowest BCUT2D eigenvalue weighted by atomic mass is 9.99. The molecule has 2 aromatic rings. The van der Waals surface area contributed by atoms with Crippen molar-refractivity contribution in [1.82, 2.24) is 4.90 Å². The quantitative estimate of drug-likeness (QED) is 0.845. The van der Waals surface area contributed by atoms with Crippen LogP contribution in [0, 0.1) is 5.92 Å². The summed E-state index contributed by atoms with van der Waals surface area (Å²) in [5.74, 6) is -1.12. The molecule has 0 radical (unpaired) electrons. The molecule has 3 rings (SSSR count). The van der Waals surface area contributed by atoms with Crippen LogP contribution in [0.1, 0.15) is 12.8 Å². The summed E-state index contributed by atoms with van der Waals surface area (Å²) in [6.07, 6.45) is 1.70. The third-order valence-electron chi connectivity index (χ3n) is 4.52. The Balaban J connectivity index is 1.74. The lowest BCUT2D eigenvalue weighted by Crippen LogP contribution is -2.45. The zero-order valence-electron chi connectivity index (χ0n) is 14.0. The summed E-state index contributed by atoms with van der Waals surface area (Å²) >= 11 is 0. The minimum Gasteiger partial charge on any atom is -0.396 e. The maximum Gasteiger partial charge on any atom is 0.313 e. The maximum atomic E-state index is 12.4. The van der Waals surface area contributed by atoms with Crippen molar-refractivity contribution in [2.24, 2.45) is 5.92 Å². The van der Waals surface area contributed by atoms with Crippen LogP contribution >= 0.6 is 0 Å². The van der Waals surface area contributed by atoms with Gasteiger partial charge in [-0.15, -0.1) is 0 Å². The van der Waals surface area contributed by atoms with Crippen LogP contribution in [0.5, 0.6) is 0 Å². The second-order valence-electron chi connectivity index (χ2n) is 6.31. The summed E-state index contributed by atoms with van der Waals surface area (Å²) < 4.78 is 0. The average molecular weight is 338 g/mol. The fourth-order valence-electron chi connectivity index (χ4n) is 3.18. The zero-order chi connectivity index (χ0) is 17.6. The number of nitrogens with one attached hydrogen (secondary N) is 1. The first kappa shape index (κ1) is 17.2. The number of aliphatic hydroxyl groups is 1. The molecule has 2 aromatic carbocycles. The van der Waals surface area contributed by atoms with Gasteiger partial charge < -0.3 is 15.3 Å². The highest BCUT2D eigenvalue weighted by atomic mass is 16.3. The van der Waals surface area contributed by atoms with E-state index in [1.54, 1.807) is 6.07 Å². The highest BCUT2D eigenvalue weighted by Gasteiger charge is 2.27. The van der Waals surface area contributed by atoms with Crippen LogP contribution in [0.2, 0.25) is 0 Å². The Bertz CT molecular complexity index is 746. The molecule has 0 spiro atoms. The summed E-state index contributed by atoms with van der Waals surface area (Å²) in [7, 11) is 0. The van der Waals surface area contributed by atoms with Crippen molar-refractivity contribution < 1.29 is 14.7 Å². The molecular formula is C20H22N2O3. The molecule has 1 atom stereocenters.